The minimum Gasteiger partial charge on any atom is -0.353 e. The summed E-state index contributed by atoms with van der Waals surface area (Å²) in [6.45, 7) is 6.55. The molecule has 27 heavy (non-hydrogen) atoms. The van der Waals surface area contributed by atoms with Crippen LogP contribution in [0.4, 0.5) is 5.82 Å². The van der Waals surface area contributed by atoms with Gasteiger partial charge in [0.15, 0.2) is 6.29 Å². The van der Waals surface area contributed by atoms with E-state index in [1.54, 1.807) is 18.3 Å². The number of ether oxygens (including phenoxy) is 2. The number of hydrogen-bond acceptors (Lipinski definition) is 5. The number of H-pyrrole nitrogens is 1. The van der Waals surface area contributed by atoms with Crippen molar-refractivity contribution in [1.82, 2.24) is 14.5 Å². The Bertz CT molecular complexity index is 885. The van der Waals surface area contributed by atoms with Crippen LogP contribution in [-0.4, -0.2) is 39.9 Å². The van der Waals surface area contributed by atoms with E-state index in [0.717, 1.165) is 25.9 Å². The third-order valence-corrected chi connectivity index (χ3v) is 4.28. The highest BCUT2D eigenvalue weighted by Crippen LogP contribution is 2.19. The summed E-state index contributed by atoms with van der Waals surface area (Å²) in [5, 5.41) is 3.18. The van der Waals surface area contributed by atoms with Crippen molar-refractivity contribution in [3.63, 3.8) is 0 Å². The van der Waals surface area contributed by atoms with Crippen LogP contribution in [0.3, 0.4) is 0 Å². The first kappa shape index (κ1) is 19.3. The van der Waals surface area contributed by atoms with Crippen molar-refractivity contribution in [2.45, 2.75) is 46.3 Å². The van der Waals surface area contributed by atoms with Crippen molar-refractivity contribution < 1.29 is 14.3 Å². The van der Waals surface area contributed by atoms with Gasteiger partial charge in [-0.25, -0.2) is 4.98 Å². The van der Waals surface area contributed by atoms with Gasteiger partial charge in [-0.1, -0.05) is 20.8 Å². The largest absolute Gasteiger partial charge is 0.353 e. The van der Waals surface area contributed by atoms with Gasteiger partial charge in [0.1, 0.15) is 17.8 Å². The molecular weight excluding hydrogens is 348 g/mol. The first-order valence-corrected chi connectivity index (χ1v) is 9.16. The van der Waals surface area contributed by atoms with Crippen LogP contribution in [0.25, 0.3) is 17.2 Å². The number of rotatable bonds is 5. The molecule has 0 radical (unpaired) electrons. The Hall–Kier alpha value is -2.45. The van der Waals surface area contributed by atoms with Crippen molar-refractivity contribution in [3.8, 4) is 0 Å². The molecule has 0 bridgehead atoms. The molecule has 3 rings (SSSR count). The second kappa shape index (κ2) is 8.06. The summed E-state index contributed by atoms with van der Waals surface area (Å²) in [6.07, 6.45) is 7.72. The van der Waals surface area contributed by atoms with Gasteiger partial charge in [-0.05, 0) is 31.4 Å². The lowest BCUT2D eigenvalue weighted by Crippen LogP contribution is -2.27. The molecule has 146 valence electrons. The summed E-state index contributed by atoms with van der Waals surface area (Å²) in [7, 11) is 0. The fourth-order valence-electron chi connectivity index (χ4n) is 2.67. The van der Waals surface area contributed by atoms with Crippen molar-refractivity contribution in [2.75, 3.05) is 18.5 Å². The minimum absolute atomic E-state index is 0.142. The lowest BCUT2D eigenvalue weighted by Gasteiger charge is -2.21. The molecule has 1 atom stereocenters. The van der Waals surface area contributed by atoms with Crippen LogP contribution >= 0.6 is 0 Å². The SMILES string of the molecule is CC(C)(C)C(=O)Nc1cc2c(=O)n(C=CCOC3CCCCO3)cnc2[nH]1. The van der Waals surface area contributed by atoms with Gasteiger partial charge in [-0.3, -0.25) is 14.2 Å². The Labute approximate surface area is 157 Å². The highest BCUT2D eigenvalue weighted by Gasteiger charge is 2.22. The quantitative estimate of drug-likeness (QED) is 0.838. The molecule has 0 aliphatic carbocycles. The maximum Gasteiger partial charge on any atom is 0.266 e. The van der Waals surface area contributed by atoms with E-state index in [0.29, 0.717) is 23.5 Å². The number of carbonyl (C=O) groups excluding carboxylic acids is 1. The van der Waals surface area contributed by atoms with Crippen LogP contribution in [0.5, 0.6) is 0 Å². The molecule has 2 aromatic rings. The highest BCUT2D eigenvalue weighted by molar-refractivity contribution is 5.96. The van der Waals surface area contributed by atoms with E-state index in [-0.39, 0.29) is 17.8 Å². The van der Waals surface area contributed by atoms with Gasteiger partial charge < -0.3 is 19.8 Å². The van der Waals surface area contributed by atoms with Crippen LogP contribution in [-0.2, 0) is 14.3 Å². The molecule has 8 heteroatoms. The average molecular weight is 374 g/mol. The molecule has 1 saturated heterocycles. The fraction of sp³-hybridized carbons (Fsp3) is 0.526. The summed E-state index contributed by atoms with van der Waals surface area (Å²) in [5.74, 6) is 0.311. The summed E-state index contributed by atoms with van der Waals surface area (Å²) in [6, 6.07) is 1.60. The number of nitrogens with zero attached hydrogens (tertiary/aromatic N) is 2. The maximum absolute atomic E-state index is 12.6. The van der Waals surface area contributed by atoms with Gasteiger partial charge in [0.05, 0.1) is 12.0 Å². The number of carbonyl (C=O) groups is 1. The first-order chi connectivity index (χ1) is 12.8. The van der Waals surface area contributed by atoms with E-state index >= 15 is 0 Å². The predicted molar refractivity (Wildman–Crippen MR) is 103 cm³/mol. The molecule has 2 N–H and O–H groups in total. The molecule has 0 spiro atoms. The third-order valence-electron chi connectivity index (χ3n) is 4.28. The number of fused-ring (bicyclic) bond motifs is 1. The van der Waals surface area contributed by atoms with Crippen molar-refractivity contribution >= 4 is 29.0 Å². The standard InChI is InChI=1S/C19H26N4O4/c1-19(2,3)18(25)22-14-11-13-16(21-14)20-12-23(17(13)24)8-6-10-27-15-7-4-5-9-26-15/h6,8,11-12,15,21H,4-5,7,9-10H2,1-3H3,(H,22,25). The summed E-state index contributed by atoms with van der Waals surface area (Å²) in [4.78, 5) is 31.9. The molecule has 0 saturated carbocycles. The second-order valence-electron chi connectivity index (χ2n) is 7.62. The highest BCUT2D eigenvalue weighted by atomic mass is 16.7. The minimum atomic E-state index is -0.532. The Morgan fingerprint density at radius 3 is 3.00 bits per heavy atom. The van der Waals surface area contributed by atoms with E-state index in [1.807, 2.05) is 20.8 Å². The predicted octanol–water partition coefficient (Wildman–Crippen LogP) is 2.72. The van der Waals surface area contributed by atoms with Gasteiger partial charge in [0, 0.05) is 18.2 Å². The van der Waals surface area contributed by atoms with Gasteiger partial charge in [0.25, 0.3) is 5.56 Å². The number of nitrogens with one attached hydrogen (secondary N) is 2. The molecule has 3 heterocycles. The van der Waals surface area contributed by atoms with E-state index in [2.05, 4.69) is 15.3 Å². The normalized spacial score (nSPS) is 18.3. The Morgan fingerprint density at radius 1 is 1.48 bits per heavy atom. The van der Waals surface area contributed by atoms with Crippen LogP contribution < -0.4 is 10.9 Å². The second-order valence-corrected chi connectivity index (χ2v) is 7.62. The van der Waals surface area contributed by atoms with Gasteiger partial charge in [-0.2, -0.15) is 0 Å². The first-order valence-electron chi connectivity index (χ1n) is 9.16. The summed E-state index contributed by atoms with van der Waals surface area (Å²) in [5.41, 5.74) is -0.325. The molecular formula is C19H26N4O4. The third kappa shape index (κ3) is 4.84. The number of anilines is 1. The zero-order valence-corrected chi connectivity index (χ0v) is 15.9. The fourth-order valence-corrected chi connectivity index (χ4v) is 2.67. The van der Waals surface area contributed by atoms with E-state index < -0.39 is 5.41 Å². The molecule has 1 aliphatic heterocycles. The van der Waals surface area contributed by atoms with Gasteiger partial charge in [-0.15, -0.1) is 0 Å². The van der Waals surface area contributed by atoms with Crippen LogP contribution in [0, 0.1) is 5.41 Å². The Kier molecular flexibility index (Phi) is 5.76. The van der Waals surface area contributed by atoms with E-state index in [1.165, 1.54) is 10.9 Å². The van der Waals surface area contributed by atoms with Crippen LogP contribution in [0.1, 0.15) is 40.0 Å². The topological polar surface area (TPSA) is 98.2 Å². The number of hydrogen-bond donors (Lipinski definition) is 2. The monoisotopic (exact) mass is 374 g/mol. The zero-order valence-electron chi connectivity index (χ0n) is 15.9. The zero-order chi connectivity index (χ0) is 19.4. The van der Waals surface area contributed by atoms with E-state index in [9.17, 15) is 9.59 Å². The van der Waals surface area contributed by atoms with Crippen molar-refractivity contribution in [1.29, 1.82) is 0 Å². The number of aromatic amines is 1. The summed E-state index contributed by atoms with van der Waals surface area (Å²) >= 11 is 0. The maximum atomic E-state index is 12.6. The molecule has 1 aliphatic rings. The molecule has 1 amide bonds. The van der Waals surface area contributed by atoms with E-state index in [4.69, 9.17) is 9.47 Å². The van der Waals surface area contributed by atoms with Crippen molar-refractivity contribution in [2.24, 2.45) is 5.41 Å². The molecule has 1 fully saturated rings. The number of amides is 1. The van der Waals surface area contributed by atoms with Crippen molar-refractivity contribution in [3.05, 3.63) is 28.8 Å². The smallest absolute Gasteiger partial charge is 0.266 e. The number of aromatic nitrogens is 3. The molecule has 1 unspecified atom stereocenters. The van der Waals surface area contributed by atoms with Gasteiger partial charge >= 0.3 is 0 Å². The lowest BCUT2D eigenvalue weighted by atomic mass is 9.96. The van der Waals surface area contributed by atoms with Gasteiger partial charge in [0.2, 0.25) is 5.91 Å². The molecule has 8 nitrogen and oxygen atoms in total. The van der Waals surface area contributed by atoms with Crippen LogP contribution in [0.15, 0.2) is 23.3 Å². The Balaban J connectivity index is 1.68. The Morgan fingerprint density at radius 2 is 2.30 bits per heavy atom. The molecule has 0 aromatic carbocycles. The van der Waals surface area contributed by atoms with Crippen LogP contribution in [0.2, 0.25) is 0 Å². The lowest BCUT2D eigenvalue weighted by molar-refractivity contribution is -0.155. The average Bonchev–Trinajstić information content (AvgIpc) is 3.04. The summed E-state index contributed by atoms with van der Waals surface area (Å²) < 4.78 is 12.5. The molecule has 2 aromatic heterocycles.